The molecule has 0 unspecified atom stereocenters. The molecule has 1 aromatic rings. The maximum absolute atomic E-state index is 12.1. The first kappa shape index (κ1) is 17.3. The number of hydrogen-bond donors (Lipinski definition) is 1. The molecule has 0 radical (unpaired) electrons. The molecule has 0 heterocycles. The fourth-order valence-corrected chi connectivity index (χ4v) is 1.86. The van der Waals surface area contributed by atoms with E-state index in [2.05, 4.69) is 5.32 Å². The topological polar surface area (TPSA) is 44.8 Å². The van der Waals surface area contributed by atoms with Gasteiger partial charge in [-0.1, -0.05) is 18.2 Å². The molecular formula is C16H27N3O2. The third-order valence-corrected chi connectivity index (χ3v) is 3.06. The zero-order chi connectivity index (χ0) is 15.7. The predicted molar refractivity (Wildman–Crippen MR) is 85.7 cm³/mol. The van der Waals surface area contributed by atoms with Crippen LogP contribution < -0.4 is 10.1 Å². The molecule has 1 rings (SSSR count). The largest absolute Gasteiger partial charge is 0.492 e. The Bertz CT molecular complexity index is 407. The first-order valence-corrected chi connectivity index (χ1v) is 7.37. The minimum atomic E-state index is -0.0384. The smallest absolute Gasteiger partial charge is 0.317 e. The summed E-state index contributed by atoms with van der Waals surface area (Å²) in [5, 5.41) is 2.93. The highest BCUT2D eigenvalue weighted by molar-refractivity contribution is 5.74. The van der Waals surface area contributed by atoms with Gasteiger partial charge in [0.05, 0.1) is 6.54 Å². The maximum atomic E-state index is 12.1. The fraction of sp³-hybridized carbons (Fsp3) is 0.562. The Labute approximate surface area is 127 Å². The van der Waals surface area contributed by atoms with Gasteiger partial charge in [-0.2, -0.15) is 0 Å². The van der Waals surface area contributed by atoms with E-state index < -0.39 is 0 Å². The summed E-state index contributed by atoms with van der Waals surface area (Å²) in [5.74, 6) is 0.828. The summed E-state index contributed by atoms with van der Waals surface area (Å²) in [4.78, 5) is 16.0. The Balaban J connectivity index is 2.37. The molecule has 2 amide bonds. The number of rotatable bonds is 8. The zero-order valence-corrected chi connectivity index (χ0v) is 13.5. The van der Waals surface area contributed by atoms with Crippen LogP contribution in [0.4, 0.5) is 4.79 Å². The second-order valence-corrected chi connectivity index (χ2v) is 5.48. The van der Waals surface area contributed by atoms with E-state index in [9.17, 15) is 4.79 Å². The van der Waals surface area contributed by atoms with Gasteiger partial charge >= 0.3 is 6.03 Å². The second kappa shape index (κ2) is 9.23. The van der Waals surface area contributed by atoms with Crippen molar-refractivity contribution in [1.29, 1.82) is 0 Å². The van der Waals surface area contributed by atoms with Crippen LogP contribution in [0.5, 0.6) is 5.75 Å². The summed E-state index contributed by atoms with van der Waals surface area (Å²) in [7, 11) is 3.97. The van der Waals surface area contributed by atoms with Gasteiger partial charge in [-0.25, -0.2) is 4.79 Å². The van der Waals surface area contributed by atoms with E-state index in [0.717, 1.165) is 12.3 Å². The van der Waals surface area contributed by atoms with Gasteiger partial charge < -0.3 is 19.9 Å². The van der Waals surface area contributed by atoms with Gasteiger partial charge in [0.25, 0.3) is 0 Å². The first-order chi connectivity index (χ1) is 10.0. The van der Waals surface area contributed by atoms with Crippen molar-refractivity contribution < 1.29 is 9.53 Å². The van der Waals surface area contributed by atoms with E-state index in [4.69, 9.17) is 4.74 Å². The van der Waals surface area contributed by atoms with Gasteiger partial charge in [0.2, 0.25) is 0 Å². The lowest BCUT2D eigenvalue weighted by Gasteiger charge is -2.27. The van der Waals surface area contributed by atoms with E-state index in [1.165, 1.54) is 0 Å². The molecule has 118 valence electrons. The molecule has 0 aliphatic rings. The summed E-state index contributed by atoms with van der Waals surface area (Å²) in [6, 6.07) is 9.75. The molecule has 0 aromatic heterocycles. The highest BCUT2D eigenvalue weighted by Gasteiger charge is 2.16. The number of likely N-dealkylation sites (N-methyl/N-ethyl adjacent to an activating group) is 1. The molecule has 0 saturated carbocycles. The number of amides is 2. The standard InChI is InChI=1S/C16H27N3O2/c1-14(2)19(16(20)17-10-11-18(3)4)12-13-21-15-8-6-5-7-9-15/h5-9,14H,10-13H2,1-4H3,(H,17,20). The van der Waals surface area contributed by atoms with E-state index in [1.54, 1.807) is 4.90 Å². The second-order valence-electron chi connectivity index (χ2n) is 5.48. The number of para-hydroxylation sites is 1. The van der Waals surface area contributed by atoms with Gasteiger partial charge in [0.15, 0.2) is 0 Å². The van der Waals surface area contributed by atoms with Crippen molar-refractivity contribution in [2.45, 2.75) is 19.9 Å². The monoisotopic (exact) mass is 293 g/mol. The van der Waals surface area contributed by atoms with Crippen molar-refractivity contribution in [1.82, 2.24) is 15.1 Å². The Morgan fingerprint density at radius 3 is 2.43 bits per heavy atom. The number of nitrogens with zero attached hydrogens (tertiary/aromatic N) is 2. The summed E-state index contributed by atoms with van der Waals surface area (Å²) < 4.78 is 5.65. The van der Waals surface area contributed by atoms with E-state index in [0.29, 0.717) is 19.7 Å². The van der Waals surface area contributed by atoms with Crippen LogP contribution in [0, 0.1) is 0 Å². The molecule has 1 N–H and O–H groups in total. The van der Waals surface area contributed by atoms with Gasteiger partial charge in [-0.05, 0) is 40.1 Å². The van der Waals surface area contributed by atoms with Crippen LogP contribution in [0.2, 0.25) is 0 Å². The molecule has 0 atom stereocenters. The molecule has 0 bridgehead atoms. The van der Waals surface area contributed by atoms with Crippen molar-refractivity contribution >= 4 is 6.03 Å². The van der Waals surface area contributed by atoms with E-state index >= 15 is 0 Å². The lowest BCUT2D eigenvalue weighted by molar-refractivity contribution is 0.165. The minimum absolute atomic E-state index is 0.0384. The number of benzene rings is 1. The van der Waals surface area contributed by atoms with Crippen molar-refractivity contribution in [3.63, 3.8) is 0 Å². The molecule has 5 heteroatoms. The molecule has 5 nitrogen and oxygen atoms in total. The third-order valence-electron chi connectivity index (χ3n) is 3.06. The average Bonchev–Trinajstić information content (AvgIpc) is 2.43. The van der Waals surface area contributed by atoms with Crippen LogP contribution >= 0.6 is 0 Å². The van der Waals surface area contributed by atoms with E-state index in [-0.39, 0.29) is 12.1 Å². The van der Waals surface area contributed by atoms with Crippen molar-refractivity contribution in [2.24, 2.45) is 0 Å². The Morgan fingerprint density at radius 2 is 1.86 bits per heavy atom. The number of carbonyl (C=O) groups excluding carboxylic acids is 1. The molecule has 0 aliphatic carbocycles. The summed E-state index contributed by atoms with van der Waals surface area (Å²) >= 11 is 0. The Morgan fingerprint density at radius 1 is 1.19 bits per heavy atom. The molecular weight excluding hydrogens is 266 g/mol. The van der Waals surface area contributed by atoms with Gasteiger partial charge in [0, 0.05) is 19.1 Å². The molecule has 1 aromatic carbocycles. The van der Waals surface area contributed by atoms with Crippen LogP contribution in [0.3, 0.4) is 0 Å². The van der Waals surface area contributed by atoms with Crippen LogP contribution in [-0.2, 0) is 0 Å². The van der Waals surface area contributed by atoms with Gasteiger partial charge in [0.1, 0.15) is 12.4 Å². The predicted octanol–water partition coefficient (Wildman–Crippen LogP) is 2.05. The number of hydrogen-bond acceptors (Lipinski definition) is 3. The van der Waals surface area contributed by atoms with Crippen LogP contribution in [0.1, 0.15) is 13.8 Å². The van der Waals surface area contributed by atoms with Crippen molar-refractivity contribution in [3.05, 3.63) is 30.3 Å². The SMILES string of the molecule is CC(C)N(CCOc1ccccc1)C(=O)NCCN(C)C. The Hall–Kier alpha value is -1.75. The normalized spacial score (nSPS) is 10.8. The summed E-state index contributed by atoms with van der Waals surface area (Å²) in [5.41, 5.74) is 0. The van der Waals surface area contributed by atoms with E-state index in [1.807, 2.05) is 63.2 Å². The van der Waals surface area contributed by atoms with Crippen molar-refractivity contribution in [3.8, 4) is 5.75 Å². The Kier molecular flexibility index (Phi) is 7.61. The zero-order valence-electron chi connectivity index (χ0n) is 13.5. The van der Waals surface area contributed by atoms with Crippen LogP contribution in [-0.4, -0.2) is 62.2 Å². The average molecular weight is 293 g/mol. The van der Waals surface area contributed by atoms with Crippen molar-refractivity contribution in [2.75, 3.05) is 40.3 Å². The van der Waals surface area contributed by atoms with Crippen LogP contribution in [0.15, 0.2) is 30.3 Å². The first-order valence-electron chi connectivity index (χ1n) is 7.37. The van der Waals surface area contributed by atoms with Gasteiger partial charge in [-0.3, -0.25) is 0 Å². The lowest BCUT2D eigenvalue weighted by Crippen LogP contribution is -2.47. The fourth-order valence-electron chi connectivity index (χ4n) is 1.86. The minimum Gasteiger partial charge on any atom is -0.492 e. The lowest BCUT2D eigenvalue weighted by atomic mass is 10.3. The quantitative estimate of drug-likeness (QED) is 0.798. The third kappa shape index (κ3) is 6.99. The molecule has 0 fully saturated rings. The van der Waals surface area contributed by atoms with Gasteiger partial charge in [-0.15, -0.1) is 0 Å². The maximum Gasteiger partial charge on any atom is 0.317 e. The number of urea groups is 1. The molecule has 21 heavy (non-hydrogen) atoms. The molecule has 0 saturated heterocycles. The molecule has 0 spiro atoms. The summed E-state index contributed by atoms with van der Waals surface area (Å²) in [6.45, 7) is 6.55. The summed E-state index contributed by atoms with van der Waals surface area (Å²) in [6.07, 6.45) is 0. The number of nitrogens with one attached hydrogen (secondary N) is 1. The highest BCUT2D eigenvalue weighted by atomic mass is 16.5. The number of ether oxygens (including phenoxy) is 1. The highest BCUT2D eigenvalue weighted by Crippen LogP contribution is 2.08. The molecule has 0 aliphatic heterocycles. The number of carbonyl (C=O) groups is 1. The van der Waals surface area contributed by atoms with Crippen LogP contribution in [0.25, 0.3) is 0 Å².